The number of nitrogens with two attached hydrogens (primary N) is 1. The van der Waals surface area contributed by atoms with Crippen molar-refractivity contribution in [3.63, 3.8) is 0 Å². The molecule has 5 aromatic carbocycles. The molecule has 9 rings (SSSR count). The standard InChI is InChI=1S/C71H85N15O16/c1-82(2)49-24-27-52-58(36-49)101-59-37-50(83(3)4)25-28-53(59)64(52)51-26-15-43(35-54(51)70(93)94)68(91)75-55(13-8-9-29-72)69(92)74-30-11-33-85-40-46(78-81-85)41-99-42-62-65(88)66(89)67(90)71(102-62)100-34-12-31-73-63(87)14-10-32-84(5)47-20-16-44(17-21-47)76-79-56-38-61(98-7)57(39-60(56)97-6)80-77-45-18-22-48(23-19-45)86(95)96/h15-28,35-40,55,62,65-67,71,88-90H,8-14,29-34,41-42,72H2,1-7H3,(H3-,73,74,75,87,91,92,93,94)/p+1/t55-,62+,65+,66-,67+,71+/m0/s1. The quantitative estimate of drug-likeness (QED) is 0.00474. The molecule has 3 heterocycles. The van der Waals surface area contributed by atoms with Gasteiger partial charge in [0, 0.05) is 124 Å². The van der Waals surface area contributed by atoms with E-state index < -0.39 is 59.5 Å². The summed E-state index contributed by atoms with van der Waals surface area (Å²) in [6.45, 7) is 1.61. The number of methoxy groups -OCH3 is 2. The van der Waals surface area contributed by atoms with Gasteiger partial charge in [-0.15, -0.1) is 15.3 Å². The van der Waals surface area contributed by atoms with Gasteiger partial charge in [0.15, 0.2) is 6.29 Å². The Bertz CT molecular complexity index is 4310. The van der Waals surface area contributed by atoms with E-state index in [1.165, 1.54) is 44.6 Å². The van der Waals surface area contributed by atoms with E-state index in [4.69, 9.17) is 33.8 Å². The van der Waals surface area contributed by atoms with E-state index in [-0.39, 0.29) is 68.5 Å². The molecule has 31 heteroatoms. The minimum atomic E-state index is -1.60. The molecule has 0 saturated carbocycles. The van der Waals surface area contributed by atoms with Crippen molar-refractivity contribution in [2.45, 2.75) is 94.8 Å². The Labute approximate surface area is 587 Å². The van der Waals surface area contributed by atoms with Gasteiger partial charge in [-0.3, -0.25) is 29.2 Å². The highest BCUT2D eigenvalue weighted by atomic mass is 16.7. The Morgan fingerprint density at radius 3 is 2.10 bits per heavy atom. The highest BCUT2D eigenvalue weighted by molar-refractivity contribution is 6.09. The molecule has 1 aliphatic carbocycles. The van der Waals surface area contributed by atoms with Gasteiger partial charge in [0.1, 0.15) is 84.5 Å². The van der Waals surface area contributed by atoms with Gasteiger partial charge in [0.05, 0.1) is 68.2 Å². The van der Waals surface area contributed by atoms with Crippen molar-refractivity contribution in [1.82, 2.24) is 35.5 Å². The lowest BCUT2D eigenvalue weighted by molar-refractivity contribution is -0.384. The first-order valence-electron chi connectivity index (χ1n) is 33.2. The lowest BCUT2D eigenvalue weighted by atomic mass is 9.89. The lowest BCUT2D eigenvalue weighted by Crippen LogP contribution is -2.59. The van der Waals surface area contributed by atoms with Gasteiger partial charge in [-0.25, -0.2) is 9.37 Å². The highest BCUT2D eigenvalue weighted by Gasteiger charge is 2.44. The number of nitrogens with zero attached hydrogens (tertiary/aromatic N) is 11. The van der Waals surface area contributed by atoms with Crippen LogP contribution in [0.15, 0.2) is 146 Å². The van der Waals surface area contributed by atoms with Crippen LogP contribution in [0, 0.1) is 10.1 Å². The third-order valence-corrected chi connectivity index (χ3v) is 16.9. The van der Waals surface area contributed by atoms with Gasteiger partial charge < -0.3 is 80.0 Å². The predicted octanol–water partition coefficient (Wildman–Crippen LogP) is 7.55. The molecule has 102 heavy (non-hydrogen) atoms. The molecule has 0 spiro atoms. The number of azo groups is 2. The maximum absolute atomic E-state index is 14.0. The number of unbranched alkanes of at least 4 members (excludes halogenated alkanes) is 1. The molecule has 1 aromatic heterocycles. The fourth-order valence-corrected chi connectivity index (χ4v) is 11.2. The summed E-state index contributed by atoms with van der Waals surface area (Å²) in [6, 6.07) is 31.2. The third-order valence-electron chi connectivity index (χ3n) is 16.9. The smallest absolute Gasteiger partial charge is 0.336 e. The number of aromatic carboxylic acids is 1. The Morgan fingerprint density at radius 2 is 1.44 bits per heavy atom. The molecule has 31 nitrogen and oxygen atoms in total. The molecule has 1 saturated heterocycles. The van der Waals surface area contributed by atoms with Crippen molar-refractivity contribution in [2.24, 2.45) is 26.2 Å². The van der Waals surface area contributed by atoms with E-state index in [2.05, 4.69) is 46.7 Å². The first kappa shape index (κ1) is 75.5. The Kier molecular flexibility index (Phi) is 26.7. The van der Waals surface area contributed by atoms with Crippen molar-refractivity contribution in [2.75, 3.05) is 98.7 Å². The number of aryl methyl sites for hydroxylation is 1. The molecule has 0 radical (unpaired) electrons. The fourth-order valence-electron chi connectivity index (χ4n) is 11.2. The zero-order valence-corrected chi connectivity index (χ0v) is 57.8. The van der Waals surface area contributed by atoms with Gasteiger partial charge in [-0.1, -0.05) is 11.3 Å². The first-order chi connectivity index (χ1) is 49.1. The largest absolute Gasteiger partial charge is 0.494 e. The number of carboxylic acid groups (broad SMARTS) is 1. The minimum Gasteiger partial charge on any atom is -0.494 e. The van der Waals surface area contributed by atoms with Crippen LogP contribution < -0.4 is 50.9 Å². The number of hydrogen-bond donors (Lipinski definition) is 8. The van der Waals surface area contributed by atoms with Gasteiger partial charge in [-0.05, 0) is 117 Å². The zero-order chi connectivity index (χ0) is 73.0. The number of aliphatic hydroxyl groups is 3. The molecule has 540 valence electrons. The molecule has 3 aliphatic rings. The number of benzene rings is 6. The number of carbonyl (C=O) groups excluding carboxylic acids is 3. The Balaban J connectivity index is 0.674. The zero-order valence-electron chi connectivity index (χ0n) is 57.8. The molecule has 3 amide bonds. The summed E-state index contributed by atoms with van der Waals surface area (Å²) in [5, 5.41) is 89.4. The number of aliphatic hydroxyl groups excluding tert-OH is 3. The summed E-state index contributed by atoms with van der Waals surface area (Å²) in [7, 11) is 12.5. The second-order valence-electron chi connectivity index (χ2n) is 24.6. The average Bonchev–Trinajstić information content (AvgIpc) is 0.889. The maximum Gasteiger partial charge on any atom is 0.336 e. The summed E-state index contributed by atoms with van der Waals surface area (Å²) < 4.78 is 38.4. The molecule has 0 unspecified atom stereocenters. The molecule has 0 bridgehead atoms. The summed E-state index contributed by atoms with van der Waals surface area (Å²) >= 11 is 0. The number of carbonyl (C=O) groups is 4. The van der Waals surface area contributed by atoms with E-state index in [1.807, 2.05) is 98.1 Å². The number of carboxylic acids is 1. The number of rotatable bonds is 35. The number of non-ortho nitro benzene ring substituents is 1. The summed E-state index contributed by atoms with van der Waals surface area (Å²) in [6.07, 6.45) is -2.35. The third kappa shape index (κ3) is 19.9. The van der Waals surface area contributed by atoms with E-state index in [0.29, 0.717) is 125 Å². The minimum absolute atomic E-state index is 0.0439. The van der Waals surface area contributed by atoms with Crippen LogP contribution >= 0.6 is 0 Å². The number of aromatic nitrogens is 3. The van der Waals surface area contributed by atoms with E-state index in [1.54, 1.807) is 47.3 Å². The number of nitro benzene ring substituents is 1. The highest BCUT2D eigenvalue weighted by Crippen LogP contribution is 2.44. The first-order valence-corrected chi connectivity index (χ1v) is 33.2. The normalized spacial score (nSPS) is 16.3. The van der Waals surface area contributed by atoms with Crippen molar-refractivity contribution < 1.29 is 72.6 Å². The molecular formula is C71H86N15O16+. The molecule has 1 fully saturated rings. The van der Waals surface area contributed by atoms with Crippen LogP contribution in [-0.4, -0.2) is 190 Å². The van der Waals surface area contributed by atoms with Crippen LogP contribution in [0.25, 0.3) is 33.4 Å². The van der Waals surface area contributed by atoms with Crippen LogP contribution in [0.4, 0.5) is 39.8 Å². The lowest BCUT2D eigenvalue weighted by Gasteiger charge is -2.40. The van der Waals surface area contributed by atoms with Crippen molar-refractivity contribution >= 4 is 74.5 Å². The maximum atomic E-state index is 14.0. The van der Waals surface area contributed by atoms with Crippen LogP contribution in [0.5, 0.6) is 11.5 Å². The molecule has 9 N–H and O–H groups in total. The van der Waals surface area contributed by atoms with E-state index in [0.717, 1.165) is 16.7 Å². The monoisotopic (exact) mass is 1400 g/mol. The van der Waals surface area contributed by atoms with Gasteiger partial charge in [0.25, 0.3) is 11.6 Å². The van der Waals surface area contributed by atoms with Gasteiger partial charge in [-0.2, -0.15) is 10.2 Å². The topological polar surface area (TPSA) is 403 Å². The number of amides is 3. The summed E-state index contributed by atoms with van der Waals surface area (Å²) in [4.78, 5) is 68.0. The van der Waals surface area contributed by atoms with Crippen molar-refractivity contribution in [1.29, 1.82) is 0 Å². The van der Waals surface area contributed by atoms with Crippen molar-refractivity contribution in [3.05, 3.63) is 154 Å². The van der Waals surface area contributed by atoms with E-state index in [9.17, 15) is 49.7 Å². The average molecular weight is 1410 g/mol. The summed E-state index contributed by atoms with van der Waals surface area (Å²) in [5.74, 6) is -1.20. The second kappa shape index (κ2) is 36.1. The van der Waals surface area contributed by atoms with Crippen LogP contribution in [-0.2, 0) is 37.0 Å². The summed E-state index contributed by atoms with van der Waals surface area (Å²) in [5.41, 5.74) is 11.8. The van der Waals surface area contributed by atoms with Crippen LogP contribution in [0.2, 0.25) is 0 Å². The number of hydrogen-bond acceptors (Lipinski definition) is 24. The Morgan fingerprint density at radius 1 is 0.765 bits per heavy atom. The van der Waals surface area contributed by atoms with E-state index >= 15 is 0 Å². The molecule has 6 atom stereocenters. The second-order valence-corrected chi connectivity index (χ2v) is 24.6. The number of anilines is 2. The van der Waals surface area contributed by atoms with Gasteiger partial charge in [0.2, 0.25) is 17.2 Å². The molecular weight excluding hydrogens is 1320 g/mol. The SMILES string of the molecule is COc1cc(N=Nc2ccc([N+](=O)[O-])cc2)c(OC)cc1N=Nc1ccc(N(C)CCCC(=O)NCCCO[C@@H]2O[C@H](COCc3cn(CCCNC(=O)[C@H](CCCCN)NC(=O)c4ccc(-c5c6ccc(=[N+](C)C)cc-6oc6cc(N(C)C)ccc56)c(C(=O)O)c4)nn3)[C@@H](O)[C@H](O)[C@H]2O)cc1. The fraction of sp³-hybridized carbons (Fsp3) is 0.394. The Hall–Kier alpha value is -10.7. The van der Waals surface area contributed by atoms with Crippen LogP contribution in [0.1, 0.15) is 71.4 Å². The predicted molar refractivity (Wildman–Crippen MR) is 378 cm³/mol. The number of ether oxygens (including phenoxy) is 5. The number of nitro groups is 1. The molecule has 2 aliphatic heterocycles. The van der Waals surface area contributed by atoms with Crippen molar-refractivity contribution in [3.8, 4) is 33.9 Å². The number of nitrogens with one attached hydrogen (secondary N) is 3. The van der Waals surface area contributed by atoms with Gasteiger partial charge >= 0.3 is 5.97 Å². The number of fused-ring (bicyclic) bond motifs is 2. The molecule has 6 aromatic rings. The van der Waals surface area contributed by atoms with Crippen LogP contribution in [0.3, 0.4) is 0 Å².